The maximum Gasteiger partial charge on any atom is 0.192 e. The molecule has 3 nitrogen and oxygen atoms in total. The van der Waals surface area contributed by atoms with Gasteiger partial charge in [0.05, 0.1) is 13.2 Å². The number of hydrogen-bond acceptors (Lipinski definition) is 3. The average Bonchev–Trinajstić information content (AvgIpc) is 2.43. The lowest BCUT2D eigenvalue weighted by Crippen LogP contribution is -2.43. The van der Waals surface area contributed by atoms with Gasteiger partial charge in [0.25, 0.3) is 0 Å². The van der Waals surface area contributed by atoms with E-state index in [1.54, 1.807) is 0 Å². The number of aliphatic hydroxyl groups excluding tert-OH is 1. The van der Waals surface area contributed by atoms with Crippen molar-refractivity contribution < 1.29 is 14.3 Å². The normalized spacial score (nSPS) is 14.0. The Morgan fingerprint density at radius 2 is 1.71 bits per heavy atom. The van der Waals surface area contributed by atoms with Gasteiger partial charge >= 0.3 is 0 Å². The van der Waals surface area contributed by atoms with Crippen molar-refractivity contribution in [3.8, 4) is 5.75 Å². The molecule has 1 N–H and O–H groups in total. The molecule has 0 heterocycles. The van der Waals surface area contributed by atoms with Gasteiger partial charge in [-0.3, -0.25) is 0 Å². The van der Waals surface area contributed by atoms with Gasteiger partial charge in [0.2, 0.25) is 0 Å². The zero-order valence-corrected chi connectivity index (χ0v) is 15.3. The van der Waals surface area contributed by atoms with Crippen LogP contribution in [0.1, 0.15) is 39.7 Å². The van der Waals surface area contributed by atoms with Crippen LogP contribution in [0.5, 0.6) is 5.75 Å². The van der Waals surface area contributed by atoms with E-state index in [0.29, 0.717) is 6.61 Å². The first-order chi connectivity index (χ1) is 9.69. The lowest BCUT2D eigenvalue weighted by Gasteiger charge is -2.37. The molecule has 0 saturated heterocycles. The van der Waals surface area contributed by atoms with E-state index in [9.17, 15) is 0 Å². The van der Waals surface area contributed by atoms with Gasteiger partial charge in [-0.25, -0.2) is 0 Å². The molecule has 0 aliphatic heterocycles. The molecule has 1 aromatic rings. The molecule has 1 atom stereocenters. The van der Waals surface area contributed by atoms with E-state index in [1.807, 2.05) is 24.3 Å². The Morgan fingerprint density at radius 3 is 2.14 bits per heavy atom. The van der Waals surface area contributed by atoms with Gasteiger partial charge in [-0.15, -0.1) is 0 Å². The number of rotatable bonds is 7. The molecule has 0 aliphatic carbocycles. The summed E-state index contributed by atoms with van der Waals surface area (Å²) in [5, 5.41) is 9.27. The van der Waals surface area contributed by atoms with Crippen molar-refractivity contribution in [2.24, 2.45) is 0 Å². The summed E-state index contributed by atoms with van der Waals surface area (Å²) in [4.78, 5) is 0. The Morgan fingerprint density at radius 1 is 1.14 bits per heavy atom. The summed E-state index contributed by atoms with van der Waals surface area (Å²) in [6, 6.07) is 7.58. The standard InChI is InChI=1S/C17H30O3Si/c1-7-15(13-19-21(5,6)17(2,3)4)20-16-10-8-14(12-18)9-11-16/h8-11,15,18H,7,12-13H2,1-6H3/t15-/m1/s1. The Labute approximate surface area is 130 Å². The second-order valence-corrected chi connectivity index (χ2v) is 11.8. The van der Waals surface area contributed by atoms with E-state index >= 15 is 0 Å². The van der Waals surface area contributed by atoms with Crippen LogP contribution in [0.4, 0.5) is 0 Å². The third kappa shape index (κ3) is 5.45. The van der Waals surface area contributed by atoms with Gasteiger partial charge in [-0.2, -0.15) is 0 Å². The van der Waals surface area contributed by atoms with Crippen molar-refractivity contribution in [1.29, 1.82) is 0 Å². The van der Waals surface area contributed by atoms with Crippen molar-refractivity contribution in [2.75, 3.05) is 6.61 Å². The Kier molecular flexibility index (Phi) is 6.44. The smallest absolute Gasteiger partial charge is 0.192 e. The second kappa shape index (κ2) is 7.43. The molecular formula is C17H30O3Si. The highest BCUT2D eigenvalue weighted by atomic mass is 28.4. The fourth-order valence-corrected chi connectivity index (χ4v) is 2.65. The summed E-state index contributed by atoms with van der Waals surface area (Å²) in [5.74, 6) is 0.831. The third-order valence-electron chi connectivity index (χ3n) is 4.30. The van der Waals surface area contributed by atoms with E-state index in [1.165, 1.54) is 0 Å². The first-order valence-corrected chi connectivity index (χ1v) is 10.6. The molecule has 0 radical (unpaired) electrons. The summed E-state index contributed by atoms with van der Waals surface area (Å²) in [6.07, 6.45) is 0.982. The monoisotopic (exact) mass is 310 g/mol. The zero-order chi connectivity index (χ0) is 16.1. The van der Waals surface area contributed by atoms with E-state index in [-0.39, 0.29) is 17.7 Å². The molecule has 0 aromatic heterocycles. The van der Waals surface area contributed by atoms with E-state index in [2.05, 4.69) is 40.8 Å². The van der Waals surface area contributed by atoms with Crippen molar-refractivity contribution in [3.05, 3.63) is 29.8 Å². The molecule has 0 saturated carbocycles. The molecule has 0 aliphatic rings. The zero-order valence-electron chi connectivity index (χ0n) is 14.3. The van der Waals surface area contributed by atoms with Crippen LogP contribution in [-0.2, 0) is 11.0 Å². The Bertz CT molecular complexity index is 421. The van der Waals surface area contributed by atoms with Crippen LogP contribution in [0.25, 0.3) is 0 Å². The highest BCUT2D eigenvalue weighted by Crippen LogP contribution is 2.36. The predicted octanol–water partition coefficient (Wildman–Crippen LogP) is 4.36. The van der Waals surface area contributed by atoms with Crippen LogP contribution in [0.2, 0.25) is 18.1 Å². The number of hydrogen-bond donors (Lipinski definition) is 1. The SMILES string of the molecule is CC[C@H](CO[Si](C)(C)C(C)(C)C)Oc1ccc(CO)cc1. The van der Waals surface area contributed by atoms with Gasteiger partial charge in [0.1, 0.15) is 11.9 Å². The van der Waals surface area contributed by atoms with Gasteiger partial charge < -0.3 is 14.3 Å². The van der Waals surface area contributed by atoms with Gasteiger partial charge in [-0.05, 0) is 42.2 Å². The molecule has 4 heteroatoms. The molecule has 0 fully saturated rings. The minimum atomic E-state index is -1.73. The van der Waals surface area contributed by atoms with Crippen molar-refractivity contribution in [1.82, 2.24) is 0 Å². The Balaban J connectivity index is 2.59. The molecule has 0 bridgehead atoms. The quantitative estimate of drug-likeness (QED) is 0.761. The molecule has 0 spiro atoms. The van der Waals surface area contributed by atoms with E-state index in [4.69, 9.17) is 14.3 Å². The van der Waals surface area contributed by atoms with Crippen molar-refractivity contribution >= 4 is 8.32 Å². The first kappa shape index (κ1) is 18.2. The second-order valence-electron chi connectivity index (χ2n) is 7.02. The summed E-state index contributed by atoms with van der Waals surface area (Å²) in [6.45, 7) is 14.1. The first-order valence-electron chi connectivity index (χ1n) is 7.70. The summed E-state index contributed by atoms with van der Waals surface area (Å²) in [5.41, 5.74) is 0.896. The molecular weight excluding hydrogens is 280 g/mol. The highest BCUT2D eigenvalue weighted by molar-refractivity contribution is 6.74. The fraction of sp³-hybridized carbons (Fsp3) is 0.647. The van der Waals surface area contributed by atoms with Crippen LogP contribution < -0.4 is 4.74 Å². The minimum absolute atomic E-state index is 0.0615. The van der Waals surface area contributed by atoms with Gasteiger partial charge in [-0.1, -0.05) is 39.8 Å². The van der Waals surface area contributed by atoms with Crippen LogP contribution >= 0.6 is 0 Å². The van der Waals surface area contributed by atoms with E-state index < -0.39 is 8.32 Å². The molecule has 1 rings (SSSR count). The summed E-state index contributed by atoms with van der Waals surface area (Å²) < 4.78 is 12.2. The molecule has 120 valence electrons. The predicted molar refractivity (Wildman–Crippen MR) is 90.2 cm³/mol. The molecule has 1 aromatic carbocycles. The van der Waals surface area contributed by atoms with Crippen LogP contribution in [0.3, 0.4) is 0 Å². The number of benzene rings is 1. The molecule has 0 amide bonds. The third-order valence-corrected chi connectivity index (χ3v) is 8.80. The maximum absolute atomic E-state index is 9.05. The molecule has 0 unspecified atom stereocenters. The summed E-state index contributed by atoms with van der Waals surface area (Å²) >= 11 is 0. The lowest BCUT2D eigenvalue weighted by atomic mass is 10.2. The topological polar surface area (TPSA) is 38.7 Å². The maximum atomic E-state index is 9.05. The molecule has 21 heavy (non-hydrogen) atoms. The largest absolute Gasteiger partial charge is 0.488 e. The van der Waals surface area contributed by atoms with Gasteiger partial charge in [0, 0.05) is 0 Å². The average molecular weight is 311 g/mol. The van der Waals surface area contributed by atoms with Crippen LogP contribution in [0, 0.1) is 0 Å². The summed E-state index contributed by atoms with van der Waals surface area (Å²) in [7, 11) is -1.73. The van der Waals surface area contributed by atoms with Crippen LogP contribution in [0.15, 0.2) is 24.3 Å². The Hall–Kier alpha value is -0.843. The van der Waals surface area contributed by atoms with Crippen molar-refractivity contribution in [3.63, 3.8) is 0 Å². The highest BCUT2D eigenvalue weighted by Gasteiger charge is 2.37. The van der Waals surface area contributed by atoms with E-state index in [0.717, 1.165) is 17.7 Å². The number of ether oxygens (including phenoxy) is 1. The lowest BCUT2D eigenvalue weighted by molar-refractivity contribution is 0.117. The van der Waals surface area contributed by atoms with Crippen LogP contribution in [-0.4, -0.2) is 26.1 Å². The van der Waals surface area contributed by atoms with Gasteiger partial charge in [0.15, 0.2) is 8.32 Å². The number of aliphatic hydroxyl groups is 1. The van der Waals surface area contributed by atoms with Crippen molar-refractivity contribution in [2.45, 2.75) is 65.0 Å². The fourth-order valence-electron chi connectivity index (χ4n) is 1.62. The minimum Gasteiger partial charge on any atom is -0.488 e.